The van der Waals surface area contributed by atoms with Gasteiger partial charge in [0.2, 0.25) is 0 Å². The molecule has 0 bridgehead atoms. The Morgan fingerprint density at radius 3 is 2.69 bits per heavy atom. The third kappa shape index (κ3) is 1.95. The van der Waals surface area contributed by atoms with E-state index in [9.17, 15) is 5.11 Å². The number of aryl methyl sites for hydroxylation is 1. The minimum absolute atomic E-state index is 0.0902. The highest BCUT2D eigenvalue weighted by atomic mass is 35.5. The van der Waals surface area contributed by atoms with Crippen LogP contribution in [0.5, 0.6) is 5.75 Å². The van der Waals surface area contributed by atoms with E-state index in [1.165, 1.54) is 0 Å². The van der Waals surface area contributed by atoms with Crippen LogP contribution in [0.4, 0.5) is 0 Å². The Labute approximate surface area is 83.3 Å². The number of hydrogen-bond acceptors (Lipinski definition) is 2. The third-order valence-electron chi connectivity index (χ3n) is 2.20. The second-order valence-corrected chi connectivity index (χ2v) is 3.64. The topological polar surface area (TPSA) is 46.2 Å². The highest BCUT2D eigenvalue weighted by Gasteiger charge is 2.14. The van der Waals surface area contributed by atoms with E-state index >= 15 is 0 Å². The van der Waals surface area contributed by atoms with E-state index in [0.29, 0.717) is 11.6 Å². The van der Waals surface area contributed by atoms with Gasteiger partial charge < -0.3 is 10.8 Å². The first kappa shape index (κ1) is 10.4. The van der Waals surface area contributed by atoms with E-state index < -0.39 is 0 Å². The van der Waals surface area contributed by atoms with Gasteiger partial charge in [0, 0.05) is 5.56 Å². The molecule has 0 fully saturated rings. The molecule has 0 saturated heterocycles. The van der Waals surface area contributed by atoms with Gasteiger partial charge in [-0.05, 0) is 31.0 Å². The van der Waals surface area contributed by atoms with Crippen LogP contribution in [0.2, 0.25) is 5.02 Å². The first-order valence-electron chi connectivity index (χ1n) is 4.26. The fraction of sp³-hybridized carbons (Fsp3) is 0.400. The smallest absolute Gasteiger partial charge is 0.120 e. The number of rotatable bonds is 2. The van der Waals surface area contributed by atoms with Crippen LogP contribution in [0.15, 0.2) is 12.1 Å². The molecule has 0 amide bonds. The maximum atomic E-state index is 9.58. The van der Waals surface area contributed by atoms with Crippen molar-refractivity contribution in [3.63, 3.8) is 0 Å². The lowest BCUT2D eigenvalue weighted by atomic mass is 9.98. The fourth-order valence-corrected chi connectivity index (χ4v) is 1.62. The zero-order valence-electron chi connectivity index (χ0n) is 7.84. The standard InChI is InChI=1S/C10H14ClNO/c1-6-3-4-8(13)9(10(6)11)7(2)5-12/h3-4,7,13H,5,12H2,1-2H3. The van der Waals surface area contributed by atoms with E-state index in [2.05, 4.69) is 0 Å². The van der Waals surface area contributed by atoms with Gasteiger partial charge in [-0.1, -0.05) is 24.6 Å². The summed E-state index contributed by atoms with van der Waals surface area (Å²) in [7, 11) is 0. The van der Waals surface area contributed by atoms with Gasteiger partial charge in [-0.15, -0.1) is 0 Å². The molecule has 0 spiro atoms. The number of phenolic OH excluding ortho intramolecular Hbond substituents is 1. The van der Waals surface area contributed by atoms with Gasteiger partial charge in [0.05, 0.1) is 5.02 Å². The van der Waals surface area contributed by atoms with E-state index in [1.807, 2.05) is 13.8 Å². The van der Waals surface area contributed by atoms with Crippen molar-refractivity contribution in [1.82, 2.24) is 0 Å². The number of benzene rings is 1. The van der Waals surface area contributed by atoms with Crippen LogP contribution in [0.3, 0.4) is 0 Å². The summed E-state index contributed by atoms with van der Waals surface area (Å²) in [5.41, 5.74) is 7.24. The van der Waals surface area contributed by atoms with E-state index in [1.54, 1.807) is 12.1 Å². The molecule has 1 atom stereocenters. The zero-order chi connectivity index (χ0) is 10.0. The van der Waals surface area contributed by atoms with E-state index in [4.69, 9.17) is 17.3 Å². The Bertz CT molecular complexity index is 312. The highest BCUT2D eigenvalue weighted by molar-refractivity contribution is 6.32. The van der Waals surface area contributed by atoms with E-state index in [0.717, 1.165) is 11.1 Å². The molecule has 0 aliphatic rings. The van der Waals surface area contributed by atoms with Crippen LogP contribution in [0.1, 0.15) is 24.0 Å². The number of halogens is 1. The van der Waals surface area contributed by atoms with Crippen molar-refractivity contribution in [3.05, 3.63) is 28.3 Å². The maximum Gasteiger partial charge on any atom is 0.120 e. The molecule has 0 aromatic heterocycles. The Morgan fingerprint density at radius 1 is 1.54 bits per heavy atom. The predicted molar refractivity (Wildman–Crippen MR) is 55.3 cm³/mol. The largest absolute Gasteiger partial charge is 0.508 e. The molecule has 13 heavy (non-hydrogen) atoms. The van der Waals surface area contributed by atoms with Crippen LogP contribution >= 0.6 is 11.6 Å². The van der Waals surface area contributed by atoms with Gasteiger partial charge in [0.1, 0.15) is 5.75 Å². The molecule has 72 valence electrons. The van der Waals surface area contributed by atoms with Crippen molar-refractivity contribution in [2.75, 3.05) is 6.54 Å². The summed E-state index contributed by atoms with van der Waals surface area (Å²) in [4.78, 5) is 0. The highest BCUT2D eigenvalue weighted by Crippen LogP contribution is 2.34. The normalized spacial score (nSPS) is 12.9. The fourth-order valence-electron chi connectivity index (χ4n) is 1.28. The minimum atomic E-state index is 0.0902. The summed E-state index contributed by atoms with van der Waals surface area (Å²) in [6, 6.07) is 3.45. The SMILES string of the molecule is Cc1ccc(O)c(C(C)CN)c1Cl. The molecular weight excluding hydrogens is 186 g/mol. The summed E-state index contributed by atoms with van der Waals surface area (Å²) in [5.74, 6) is 0.320. The summed E-state index contributed by atoms with van der Waals surface area (Å²) < 4.78 is 0. The van der Waals surface area contributed by atoms with Crippen LogP contribution in [0, 0.1) is 6.92 Å². The first-order valence-corrected chi connectivity index (χ1v) is 4.63. The molecule has 1 aromatic rings. The molecule has 0 aliphatic heterocycles. The quantitative estimate of drug-likeness (QED) is 0.769. The monoisotopic (exact) mass is 199 g/mol. The second kappa shape index (κ2) is 3.99. The van der Waals surface area contributed by atoms with Crippen molar-refractivity contribution in [2.24, 2.45) is 5.73 Å². The molecule has 1 rings (SSSR count). The predicted octanol–water partition coefficient (Wildman–Crippen LogP) is 2.42. The number of aromatic hydroxyl groups is 1. The van der Waals surface area contributed by atoms with Gasteiger partial charge >= 0.3 is 0 Å². The van der Waals surface area contributed by atoms with Gasteiger partial charge in [-0.25, -0.2) is 0 Å². The molecule has 1 unspecified atom stereocenters. The Morgan fingerprint density at radius 2 is 2.15 bits per heavy atom. The van der Waals surface area contributed by atoms with Crippen LogP contribution in [-0.2, 0) is 0 Å². The average molecular weight is 200 g/mol. The van der Waals surface area contributed by atoms with Gasteiger partial charge in [0.25, 0.3) is 0 Å². The summed E-state index contributed by atoms with van der Waals surface area (Å²) >= 11 is 6.06. The molecule has 3 N–H and O–H groups in total. The second-order valence-electron chi connectivity index (χ2n) is 3.27. The van der Waals surface area contributed by atoms with E-state index in [-0.39, 0.29) is 11.7 Å². The zero-order valence-corrected chi connectivity index (χ0v) is 8.60. The van der Waals surface area contributed by atoms with Crippen molar-refractivity contribution < 1.29 is 5.11 Å². The Hall–Kier alpha value is -0.730. The summed E-state index contributed by atoms with van der Waals surface area (Å²) in [5, 5.41) is 10.2. The molecule has 2 nitrogen and oxygen atoms in total. The van der Waals surface area contributed by atoms with Gasteiger partial charge in [-0.2, -0.15) is 0 Å². The molecular formula is C10H14ClNO. The summed E-state index contributed by atoms with van der Waals surface area (Å²) in [6.07, 6.45) is 0. The number of hydrogen-bond donors (Lipinski definition) is 2. The summed E-state index contributed by atoms with van der Waals surface area (Å²) in [6.45, 7) is 4.34. The Kier molecular flexibility index (Phi) is 3.17. The van der Waals surface area contributed by atoms with Crippen molar-refractivity contribution in [1.29, 1.82) is 0 Å². The average Bonchev–Trinajstić information content (AvgIpc) is 2.12. The maximum absolute atomic E-state index is 9.58. The number of nitrogens with two attached hydrogens (primary N) is 1. The molecule has 3 heteroatoms. The third-order valence-corrected chi connectivity index (χ3v) is 2.70. The molecule has 0 saturated carbocycles. The molecule has 1 aromatic carbocycles. The van der Waals surface area contributed by atoms with Crippen molar-refractivity contribution >= 4 is 11.6 Å². The Balaban J connectivity index is 3.25. The lowest BCUT2D eigenvalue weighted by Crippen LogP contribution is -2.09. The molecule has 0 radical (unpaired) electrons. The van der Waals surface area contributed by atoms with Gasteiger partial charge in [-0.3, -0.25) is 0 Å². The molecule has 0 heterocycles. The van der Waals surface area contributed by atoms with Crippen LogP contribution in [-0.4, -0.2) is 11.7 Å². The first-order chi connectivity index (χ1) is 6.07. The minimum Gasteiger partial charge on any atom is -0.508 e. The number of phenols is 1. The van der Waals surface area contributed by atoms with Crippen LogP contribution in [0.25, 0.3) is 0 Å². The molecule has 0 aliphatic carbocycles. The van der Waals surface area contributed by atoms with Crippen molar-refractivity contribution in [2.45, 2.75) is 19.8 Å². The lowest BCUT2D eigenvalue weighted by Gasteiger charge is -2.14. The van der Waals surface area contributed by atoms with Gasteiger partial charge in [0.15, 0.2) is 0 Å². The van der Waals surface area contributed by atoms with Crippen molar-refractivity contribution in [3.8, 4) is 5.75 Å². The van der Waals surface area contributed by atoms with Crippen LogP contribution < -0.4 is 5.73 Å². The lowest BCUT2D eigenvalue weighted by molar-refractivity contribution is 0.463.